The molecule has 3 aromatic rings. The smallest absolute Gasteiger partial charge is 0.354 e. The first-order valence-corrected chi connectivity index (χ1v) is 8.82. The minimum atomic E-state index is -5.02. The van der Waals surface area contributed by atoms with Gasteiger partial charge >= 0.3 is 12.4 Å². The van der Waals surface area contributed by atoms with Crippen LogP contribution in [0.4, 0.5) is 30.7 Å². The molecule has 0 saturated carbocycles. The molecule has 0 unspecified atom stereocenters. The molecular formula is C20H17F7N2. The fourth-order valence-electron chi connectivity index (χ4n) is 3.38. The van der Waals surface area contributed by atoms with E-state index in [1.54, 1.807) is 0 Å². The van der Waals surface area contributed by atoms with Crippen LogP contribution in [0.3, 0.4) is 0 Å². The summed E-state index contributed by atoms with van der Waals surface area (Å²) < 4.78 is 94.9. The molecule has 1 aromatic heterocycles. The third-order valence-electron chi connectivity index (χ3n) is 4.66. The van der Waals surface area contributed by atoms with Crippen molar-refractivity contribution in [1.82, 2.24) is 4.98 Å². The number of halogens is 7. The fraction of sp³-hybridized carbons (Fsp3) is 0.300. The molecule has 0 saturated heterocycles. The number of nitrogens with one attached hydrogen (secondary N) is 1. The van der Waals surface area contributed by atoms with E-state index in [0.29, 0.717) is 25.5 Å². The maximum Gasteiger partial charge on any atom is 0.417 e. The summed E-state index contributed by atoms with van der Waals surface area (Å²) in [6.07, 6.45) is -8.96. The van der Waals surface area contributed by atoms with Crippen molar-refractivity contribution >= 4 is 10.9 Å². The number of alkyl halides is 6. The van der Waals surface area contributed by atoms with Gasteiger partial charge in [-0.2, -0.15) is 26.3 Å². The van der Waals surface area contributed by atoms with E-state index in [9.17, 15) is 30.7 Å². The highest BCUT2D eigenvalue weighted by atomic mass is 19.4. The number of benzene rings is 2. The van der Waals surface area contributed by atoms with Crippen LogP contribution in [0.1, 0.15) is 29.5 Å². The summed E-state index contributed by atoms with van der Waals surface area (Å²) in [6.45, 7) is 0.307. The van der Waals surface area contributed by atoms with Gasteiger partial charge in [-0.05, 0) is 55.6 Å². The van der Waals surface area contributed by atoms with Crippen molar-refractivity contribution in [3.8, 4) is 11.3 Å². The summed E-state index contributed by atoms with van der Waals surface area (Å²) in [6, 6.07) is 6.15. The van der Waals surface area contributed by atoms with Crippen molar-refractivity contribution in [3.05, 3.63) is 58.9 Å². The molecule has 0 amide bonds. The normalized spacial score (nSPS) is 12.7. The third-order valence-corrected chi connectivity index (χ3v) is 4.66. The number of hydrogen-bond donors (Lipinski definition) is 2. The predicted octanol–water partition coefficient (Wildman–Crippen LogP) is 6.29. The van der Waals surface area contributed by atoms with Crippen LogP contribution in [0.25, 0.3) is 22.2 Å². The van der Waals surface area contributed by atoms with Crippen LogP contribution >= 0.6 is 0 Å². The Labute approximate surface area is 161 Å². The lowest BCUT2D eigenvalue weighted by molar-refractivity contribution is -0.142. The van der Waals surface area contributed by atoms with Gasteiger partial charge in [0.05, 0.1) is 16.8 Å². The monoisotopic (exact) mass is 418 g/mol. The Balaban J connectivity index is 2.36. The lowest BCUT2D eigenvalue weighted by Crippen LogP contribution is -2.11. The Morgan fingerprint density at radius 3 is 2.17 bits per heavy atom. The van der Waals surface area contributed by atoms with Crippen LogP contribution in [0, 0.1) is 5.82 Å². The van der Waals surface area contributed by atoms with Crippen LogP contribution in [-0.4, -0.2) is 11.5 Å². The first-order chi connectivity index (χ1) is 13.5. The van der Waals surface area contributed by atoms with Crippen LogP contribution in [0.15, 0.2) is 36.4 Å². The molecule has 156 valence electrons. The van der Waals surface area contributed by atoms with E-state index in [4.69, 9.17) is 5.73 Å². The molecule has 0 radical (unpaired) electrons. The van der Waals surface area contributed by atoms with E-state index in [0.717, 1.165) is 6.07 Å². The lowest BCUT2D eigenvalue weighted by Gasteiger charge is -2.14. The van der Waals surface area contributed by atoms with Gasteiger partial charge in [0.25, 0.3) is 0 Å². The first kappa shape index (κ1) is 21.2. The summed E-state index contributed by atoms with van der Waals surface area (Å²) in [5.74, 6) is -0.691. The van der Waals surface area contributed by atoms with Gasteiger partial charge in [-0.15, -0.1) is 0 Å². The van der Waals surface area contributed by atoms with Crippen LogP contribution in [-0.2, 0) is 18.8 Å². The van der Waals surface area contributed by atoms with Gasteiger partial charge in [-0.3, -0.25) is 0 Å². The van der Waals surface area contributed by atoms with Gasteiger partial charge in [-0.1, -0.05) is 12.1 Å². The molecule has 3 N–H and O–H groups in total. The second-order valence-electron chi connectivity index (χ2n) is 6.65. The van der Waals surface area contributed by atoms with Crippen molar-refractivity contribution in [1.29, 1.82) is 0 Å². The topological polar surface area (TPSA) is 41.8 Å². The Kier molecular flexibility index (Phi) is 5.62. The standard InChI is InChI=1S/C20H17F7N2/c21-15-7-2-1-5-12(15)18-13(6-3-4-8-28)17-14(20(25,26)27)9-11(19(22,23)24)10-16(17)29-18/h1-2,5,7,9-10,29H,3-4,6,8,28H2. The maximum atomic E-state index is 14.3. The molecule has 0 fully saturated rings. The van der Waals surface area contributed by atoms with Crippen LogP contribution < -0.4 is 5.73 Å². The fourth-order valence-corrected chi connectivity index (χ4v) is 3.38. The quantitative estimate of drug-likeness (QED) is 0.371. The Morgan fingerprint density at radius 1 is 0.897 bits per heavy atom. The third kappa shape index (κ3) is 4.24. The van der Waals surface area contributed by atoms with Crippen molar-refractivity contribution in [2.75, 3.05) is 6.54 Å². The minimum Gasteiger partial charge on any atom is -0.354 e. The molecule has 0 atom stereocenters. The highest BCUT2D eigenvalue weighted by Crippen LogP contribution is 2.44. The molecule has 29 heavy (non-hydrogen) atoms. The molecule has 9 heteroatoms. The van der Waals surface area contributed by atoms with Gasteiger partial charge in [0, 0.05) is 16.5 Å². The number of aryl methyl sites for hydroxylation is 1. The van der Waals surface area contributed by atoms with Gasteiger partial charge in [0.15, 0.2) is 0 Å². The molecule has 2 nitrogen and oxygen atoms in total. The molecule has 0 aliphatic rings. The van der Waals surface area contributed by atoms with E-state index >= 15 is 0 Å². The molecule has 0 aliphatic heterocycles. The second kappa shape index (κ2) is 7.70. The van der Waals surface area contributed by atoms with Gasteiger partial charge in [0.2, 0.25) is 0 Å². The molecule has 1 heterocycles. The van der Waals surface area contributed by atoms with Crippen molar-refractivity contribution in [2.45, 2.75) is 31.6 Å². The number of unbranched alkanes of at least 4 members (excludes halogenated alkanes) is 1. The first-order valence-electron chi connectivity index (χ1n) is 8.82. The maximum absolute atomic E-state index is 14.3. The number of fused-ring (bicyclic) bond motifs is 1. The van der Waals surface area contributed by atoms with E-state index in [1.165, 1.54) is 18.2 Å². The molecule has 0 spiro atoms. The van der Waals surface area contributed by atoms with E-state index in [2.05, 4.69) is 4.98 Å². The van der Waals surface area contributed by atoms with E-state index in [1.807, 2.05) is 0 Å². The van der Waals surface area contributed by atoms with Crippen molar-refractivity contribution in [2.24, 2.45) is 5.73 Å². The van der Waals surface area contributed by atoms with Crippen LogP contribution in [0.2, 0.25) is 0 Å². The van der Waals surface area contributed by atoms with Crippen LogP contribution in [0.5, 0.6) is 0 Å². The molecule has 0 aliphatic carbocycles. The number of aromatic nitrogens is 1. The zero-order valence-corrected chi connectivity index (χ0v) is 15.0. The summed E-state index contributed by atoms with van der Waals surface area (Å²) in [7, 11) is 0. The molecular weight excluding hydrogens is 401 g/mol. The Hall–Kier alpha value is -2.55. The summed E-state index contributed by atoms with van der Waals surface area (Å²) in [5.41, 5.74) is 2.45. The van der Waals surface area contributed by atoms with Crippen molar-refractivity contribution in [3.63, 3.8) is 0 Å². The number of H-pyrrole nitrogens is 1. The number of nitrogens with two attached hydrogens (primary N) is 1. The number of aromatic amines is 1. The number of rotatable bonds is 5. The SMILES string of the molecule is NCCCCc1c(-c2ccccc2F)[nH]c2cc(C(F)(F)F)cc(C(F)(F)F)c12. The highest BCUT2D eigenvalue weighted by molar-refractivity contribution is 5.94. The minimum absolute atomic E-state index is 0.00636. The van der Waals surface area contributed by atoms with Gasteiger partial charge < -0.3 is 10.7 Å². The van der Waals surface area contributed by atoms with Crippen molar-refractivity contribution < 1.29 is 30.7 Å². The average molecular weight is 418 g/mol. The molecule has 0 bridgehead atoms. The van der Waals surface area contributed by atoms with Gasteiger partial charge in [0.1, 0.15) is 5.82 Å². The number of hydrogen-bond acceptors (Lipinski definition) is 1. The Bertz CT molecular complexity index is 1020. The van der Waals surface area contributed by atoms with E-state index in [-0.39, 0.29) is 40.2 Å². The molecule has 3 rings (SSSR count). The zero-order chi connectivity index (χ0) is 21.4. The van der Waals surface area contributed by atoms with Gasteiger partial charge in [-0.25, -0.2) is 4.39 Å². The highest BCUT2D eigenvalue weighted by Gasteiger charge is 2.39. The lowest BCUT2D eigenvalue weighted by atomic mass is 9.95. The molecule has 2 aromatic carbocycles. The van der Waals surface area contributed by atoms with E-state index < -0.39 is 29.3 Å². The second-order valence-corrected chi connectivity index (χ2v) is 6.65. The average Bonchev–Trinajstić information content (AvgIpc) is 2.98. The zero-order valence-electron chi connectivity index (χ0n) is 15.0. The largest absolute Gasteiger partial charge is 0.417 e. The summed E-state index contributed by atoms with van der Waals surface area (Å²) in [5, 5.41) is -0.374. The predicted molar refractivity (Wildman–Crippen MR) is 95.7 cm³/mol. The summed E-state index contributed by atoms with van der Waals surface area (Å²) >= 11 is 0. The Morgan fingerprint density at radius 2 is 1.59 bits per heavy atom. The summed E-state index contributed by atoms with van der Waals surface area (Å²) in [4.78, 5) is 2.60.